The number of hydrogen-bond donors (Lipinski definition) is 0. The molecule has 2 aromatic carbocycles. The molecule has 3 rings (SSSR count). The van der Waals surface area contributed by atoms with Crippen molar-refractivity contribution in [2.24, 2.45) is 0 Å². The molecule has 0 aromatic heterocycles. The van der Waals surface area contributed by atoms with Crippen LogP contribution in [-0.4, -0.2) is 26.1 Å². The van der Waals surface area contributed by atoms with Gasteiger partial charge in [-0.3, -0.25) is 4.79 Å². The van der Waals surface area contributed by atoms with E-state index in [0.717, 1.165) is 11.1 Å². The molecule has 4 nitrogen and oxygen atoms in total. The van der Waals surface area contributed by atoms with Crippen molar-refractivity contribution in [1.82, 2.24) is 0 Å². The van der Waals surface area contributed by atoms with E-state index in [-0.39, 0.29) is 29.6 Å². The monoisotopic (exact) mass is 348 g/mol. The second kappa shape index (κ2) is 7.09. The van der Waals surface area contributed by atoms with Crippen LogP contribution in [0.2, 0.25) is 0 Å². The molecule has 132 valence electrons. The van der Waals surface area contributed by atoms with Gasteiger partial charge in [-0.2, -0.15) is 8.78 Å². The van der Waals surface area contributed by atoms with Crippen LogP contribution >= 0.6 is 0 Å². The minimum atomic E-state index is -3.01. The Kier molecular flexibility index (Phi) is 4.88. The number of methoxy groups -OCH3 is 1. The van der Waals surface area contributed by atoms with Crippen LogP contribution in [0, 0.1) is 0 Å². The number of ether oxygens (including phenoxy) is 3. The first kappa shape index (κ1) is 17.2. The molecule has 1 aliphatic carbocycles. The molecule has 0 atom stereocenters. The quantitative estimate of drug-likeness (QED) is 0.771. The van der Waals surface area contributed by atoms with Crippen molar-refractivity contribution in [3.8, 4) is 28.4 Å². The van der Waals surface area contributed by atoms with Gasteiger partial charge in [-0.05, 0) is 36.6 Å². The molecule has 2 aromatic rings. The number of carbonyl (C=O) groups excluding carboxylic acids is 1. The molecule has 0 heterocycles. The third kappa shape index (κ3) is 3.16. The average molecular weight is 348 g/mol. The summed E-state index contributed by atoms with van der Waals surface area (Å²) >= 11 is 0. The third-order valence-corrected chi connectivity index (χ3v) is 4.16. The number of halogens is 2. The van der Waals surface area contributed by atoms with E-state index < -0.39 is 6.61 Å². The first-order valence-electron chi connectivity index (χ1n) is 8.00. The van der Waals surface area contributed by atoms with Gasteiger partial charge in [-0.25, -0.2) is 0 Å². The van der Waals surface area contributed by atoms with Gasteiger partial charge in [-0.15, -0.1) is 0 Å². The van der Waals surface area contributed by atoms with Crippen LogP contribution in [0.4, 0.5) is 8.78 Å². The van der Waals surface area contributed by atoms with Crippen LogP contribution in [0.15, 0.2) is 30.3 Å². The molecule has 0 amide bonds. The molecule has 0 spiro atoms. The SMILES string of the molecule is CCOc1c(-c2cccc3c2CCC3=O)ccc(OC)c1OC(F)F. The second-order valence-electron chi connectivity index (χ2n) is 5.54. The fraction of sp³-hybridized carbons (Fsp3) is 0.316. The molecule has 0 bridgehead atoms. The Bertz CT molecular complexity index is 802. The molecular weight excluding hydrogens is 330 g/mol. The molecule has 0 fully saturated rings. The fourth-order valence-electron chi connectivity index (χ4n) is 3.15. The van der Waals surface area contributed by atoms with Crippen molar-refractivity contribution in [2.75, 3.05) is 13.7 Å². The molecule has 0 aliphatic heterocycles. The zero-order valence-corrected chi connectivity index (χ0v) is 14.0. The highest BCUT2D eigenvalue weighted by molar-refractivity contribution is 6.02. The van der Waals surface area contributed by atoms with Crippen molar-refractivity contribution >= 4 is 5.78 Å². The third-order valence-electron chi connectivity index (χ3n) is 4.16. The summed E-state index contributed by atoms with van der Waals surface area (Å²) < 4.78 is 41.2. The summed E-state index contributed by atoms with van der Waals surface area (Å²) in [6.07, 6.45) is 1.07. The number of ketones is 1. The molecular formula is C19H18F2O4. The Morgan fingerprint density at radius 2 is 1.80 bits per heavy atom. The molecule has 0 saturated carbocycles. The van der Waals surface area contributed by atoms with Crippen molar-refractivity contribution < 1.29 is 27.8 Å². The zero-order valence-electron chi connectivity index (χ0n) is 14.0. The molecule has 25 heavy (non-hydrogen) atoms. The highest BCUT2D eigenvalue weighted by atomic mass is 19.3. The summed E-state index contributed by atoms with van der Waals surface area (Å²) in [5.74, 6) is 0.303. The van der Waals surface area contributed by atoms with Crippen LogP contribution in [-0.2, 0) is 6.42 Å². The number of hydrogen-bond acceptors (Lipinski definition) is 4. The Morgan fingerprint density at radius 3 is 2.48 bits per heavy atom. The standard InChI is InChI=1S/C19H18F2O4/c1-3-24-17-14(8-10-16(23-2)18(17)25-19(20)21)11-5-4-6-13-12(11)7-9-15(13)22/h4-6,8,10,19H,3,7,9H2,1-2H3. The van der Waals surface area contributed by atoms with Gasteiger partial charge in [0.15, 0.2) is 17.3 Å². The molecule has 6 heteroatoms. The van der Waals surface area contributed by atoms with E-state index in [1.54, 1.807) is 31.2 Å². The van der Waals surface area contributed by atoms with E-state index >= 15 is 0 Å². The molecule has 0 N–H and O–H groups in total. The lowest BCUT2D eigenvalue weighted by Gasteiger charge is -2.19. The Balaban J connectivity index is 2.22. The van der Waals surface area contributed by atoms with Crippen molar-refractivity contribution in [2.45, 2.75) is 26.4 Å². The minimum absolute atomic E-state index is 0.0902. The summed E-state index contributed by atoms with van der Waals surface area (Å²) in [6.45, 7) is -0.978. The topological polar surface area (TPSA) is 44.8 Å². The number of fused-ring (bicyclic) bond motifs is 1. The van der Waals surface area contributed by atoms with Gasteiger partial charge in [0.05, 0.1) is 13.7 Å². The first-order chi connectivity index (χ1) is 12.1. The highest BCUT2D eigenvalue weighted by Gasteiger charge is 2.26. The number of rotatable bonds is 6. The van der Waals surface area contributed by atoms with Crippen LogP contribution in [0.1, 0.15) is 29.3 Å². The van der Waals surface area contributed by atoms with E-state index in [2.05, 4.69) is 4.74 Å². The Hall–Kier alpha value is -2.63. The van der Waals surface area contributed by atoms with Crippen LogP contribution in [0.3, 0.4) is 0 Å². The Morgan fingerprint density at radius 1 is 1.04 bits per heavy atom. The summed E-state index contributed by atoms with van der Waals surface area (Å²) in [5.41, 5.74) is 2.96. The van der Waals surface area contributed by atoms with Crippen LogP contribution in [0.5, 0.6) is 17.2 Å². The number of Topliss-reactive ketones (excluding diaryl/α,β-unsaturated/α-hetero) is 1. The lowest BCUT2D eigenvalue weighted by molar-refractivity contribution is -0.0527. The summed E-state index contributed by atoms with van der Waals surface area (Å²) in [5, 5.41) is 0. The number of carbonyl (C=O) groups is 1. The van der Waals surface area contributed by atoms with Gasteiger partial charge in [-0.1, -0.05) is 18.2 Å². The van der Waals surface area contributed by atoms with Gasteiger partial charge < -0.3 is 14.2 Å². The number of alkyl halides is 2. The predicted molar refractivity (Wildman–Crippen MR) is 88.9 cm³/mol. The highest BCUT2D eigenvalue weighted by Crippen LogP contribution is 2.47. The predicted octanol–water partition coefficient (Wildman–Crippen LogP) is 4.49. The fourth-order valence-corrected chi connectivity index (χ4v) is 3.15. The molecule has 0 radical (unpaired) electrons. The lowest BCUT2D eigenvalue weighted by Crippen LogP contribution is -2.07. The molecule has 0 unspecified atom stereocenters. The van der Waals surface area contributed by atoms with Gasteiger partial charge >= 0.3 is 6.61 Å². The maximum atomic E-state index is 12.9. The van der Waals surface area contributed by atoms with Crippen LogP contribution < -0.4 is 14.2 Å². The van der Waals surface area contributed by atoms with E-state index in [4.69, 9.17) is 9.47 Å². The molecule has 1 aliphatic rings. The van der Waals surface area contributed by atoms with Crippen molar-refractivity contribution in [1.29, 1.82) is 0 Å². The van der Waals surface area contributed by atoms with E-state index in [0.29, 0.717) is 24.0 Å². The first-order valence-corrected chi connectivity index (χ1v) is 8.00. The average Bonchev–Trinajstić information content (AvgIpc) is 2.97. The van der Waals surface area contributed by atoms with E-state index in [1.807, 2.05) is 6.07 Å². The van der Waals surface area contributed by atoms with Gasteiger partial charge in [0, 0.05) is 17.5 Å². The largest absolute Gasteiger partial charge is 0.493 e. The van der Waals surface area contributed by atoms with Crippen LogP contribution in [0.25, 0.3) is 11.1 Å². The molecule has 0 saturated heterocycles. The zero-order chi connectivity index (χ0) is 18.0. The van der Waals surface area contributed by atoms with Gasteiger partial charge in [0.25, 0.3) is 0 Å². The second-order valence-corrected chi connectivity index (χ2v) is 5.54. The summed E-state index contributed by atoms with van der Waals surface area (Å²) in [4.78, 5) is 12.0. The smallest absolute Gasteiger partial charge is 0.387 e. The van der Waals surface area contributed by atoms with Gasteiger partial charge in [0.1, 0.15) is 0 Å². The normalized spacial score (nSPS) is 13.1. The van der Waals surface area contributed by atoms with E-state index in [1.165, 1.54) is 7.11 Å². The lowest BCUT2D eigenvalue weighted by atomic mass is 9.95. The maximum Gasteiger partial charge on any atom is 0.387 e. The van der Waals surface area contributed by atoms with Crippen molar-refractivity contribution in [3.63, 3.8) is 0 Å². The summed E-state index contributed by atoms with van der Waals surface area (Å²) in [6, 6.07) is 8.72. The van der Waals surface area contributed by atoms with Crippen molar-refractivity contribution in [3.05, 3.63) is 41.5 Å². The Labute approximate surface area is 144 Å². The summed E-state index contributed by atoms with van der Waals surface area (Å²) in [7, 11) is 1.38. The minimum Gasteiger partial charge on any atom is -0.493 e. The maximum absolute atomic E-state index is 12.9. The van der Waals surface area contributed by atoms with Gasteiger partial charge in [0.2, 0.25) is 5.75 Å². The van der Waals surface area contributed by atoms with E-state index in [9.17, 15) is 13.6 Å². The number of benzene rings is 2.